The van der Waals surface area contributed by atoms with Crippen LogP contribution in [0.2, 0.25) is 5.02 Å². The largest absolute Gasteiger partial charge is 0.507 e. The van der Waals surface area contributed by atoms with Gasteiger partial charge in [-0.15, -0.1) is 0 Å². The lowest BCUT2D eigenvalue weighted by Crippen LogP contribution is -1.74. The summed E-state index contributed by atoms with van der Waals surface area (Å²) < 4.78 is 0. The maximum absolute atomic E-state index is 10.4. The van der Waals surface area contributed by atoms with Gasteiger partial charge in [-0.3, -0.25) is 4.79 Å². The van der Waals surface area contributed by atoms with E-state index in [4.69, 9.17) is 11.6 Å². The molecule has 0 atom stereocenters. The predicted octanol–water partition coefficient (Wildman–Crippen LogP) is 2.34. The fourth-order valence-electron chi connectivity index (χ4n) is 1.27. The Kier molecular flexibility index (Phi) is 1.74. The smallest absolute Gasteiger partial charge is 0.166 e. The van der Waals surface area contributed by atoms with Gasteiger partial charge in [-0.25, -0.2) is 0 Å². The lowest BCUT2D eigenvalue weighted by molar-refractivity contribution is 0.112. The maximum Gasteiger partial charge on any atom is 0.166 e. The van der Waals surface area contributed by atoms with Crippen LogP contribution in [0.5, 0.6) is 5.75 Å². The first-order valence-corrected chi connectivity index (χ1v) is 4.05. The first kappa shape index (κ1) is 8.13. The van der Waals surface area contributed by atoms with Crippen LogP contribution in [0, 0.1) is 0 Å². The third kappa shape index (κ3) is 1.27. The standard InChI is InChI=1S/C9H6ClNO2/c10-5-1-8-7(9(13)2-5)3-6(4-12)11-8/h1-4,11,13H. The molecule has 4 heteroatoms. The van der Waals surface area contributed by atoms with E-state index in [1.54, 1.807) is 12.1 Å². The summed E-state index contributed by atoms with van der Waals surface area (Å²) in [5.74, 6) is 0.0758. The normalized spacial score (nSPS) is 10.5. The summed E-state index contributed by atoms with van der Waals surface area (Å²) in [6, 6.07) is 4.67. The van der Waals surface area contributed by atoms with Crippen LogP contribution in [0.4, 0.5) is 0 Å². The topological polar surface area (TPSA) is 53.1 Å². The number of carbonyl (C=O) groups is 1. The van der Waals surface area contributed by atoms with Crippen molar-refractivity contribution in [1.82, 2.24) is 4.98 Å². The van der Waals surface area contributed by atoms with Crippen LogP contribution in [-0.4, -0.2) is 16.4 Å². The van der Waals surface area contributed by atoms with Gasteiger partial charge < -0.3 is 10.1 Å². The summed E-state index contributed by atoms with van der Waals surface area (Å²) in [5, 5.41) is 10.5. The number of aromatic nitrogens is 1. The second-order valence-electron chi connectivity index (χ2n) is 2.73. The van der Waals surface area contributed by atoms with Crippen molar-refractivity contribution in [2.45, 2.75) is 0 Å². The number of aldehydes is 1. The number of H-pyrrole nitrogens is 1. The van der Waals surface area contributed by atoms with Gasteiger partial charge in [0.25, 0.3) is 0 Å². The second kappa shape index (κ2) is 2.78. The minimum absolute atomic E-state index is 0.0758. The summed E-state index contributed by atoms with van der Waals surface area (Å²) in [4.78, 5) is 13.2. The highest BCUT2D eigenvalue weighted by molar-refractivity contribution is 6.31. The van der Waals surface area contributed by atoms with Gasteiger partial charge >= 0.3 is 0 Å². The Morgan fingerprint density at radius 1 is 1.38 bits per heavy atom. The Labute approximate surface area is 78.9 Å². The minimum atomic E-state index is 0.0758. The number of carbonyl (C=O) groups excluding carboxylic acids is 1. The number of aromatic hydroxyl groups is 1. The van der Waals surface area contributed by atoms with Crippen LogP contribution < -0.4 is 0 Å². The van der Waals surface area contributed by atoms with Crippen LogP contribution in [0.3, 0.4) is 0 Å². The van der Waals surface area contributed by atoms with Gasteiger partial charge in [0.05, 0.1) is 11.2 Å². The van der Waals surface area contributed by atoms with Crippen molar-refractivity contribution >= 4 is 28.8 Å². The molecule has 0 aliphatic rings. The zero-order valence-corrected chi connectivity index (χ0v) is 7.30. The average molecular weight is 196 g/mol. The lowest BCUT2D eigenvalue weighted by Gasteiger charge is -1.94. The van der Waals surface area contributed by atoms with E-state index in [1.807, 2.05) is 0 Å². The monoisotopic (exact) mass is 195 g/mol. The lowest BCUT2D eigenvalue weighted by atomic mass is 10.2. The fourth-order valence-corrected chi connectivity index (χ4v) is 1.48. The van der Waals surface area contributed by atoms with Crippen molar-refractivity contribution in [1.29, 1.82) is 0 Å². The molecule has 0 fully saturated rings. The molecular weight excluding hydrogens is 190 g/mol. The van der Waals surface area contributed by atoms with E-state index in [-0.39, 0.29) is 5.75 Å². The molecule has 0 bridgehead atoms. The Morgan fingerprint density at radius 3 is 2.85 bits per heavy atom. The maximum atomic E-state index is 10.4. The van der Waals surface area contributed by atoms with Crippen molar-refractivity contribution < 1.29 is 9.90 Å². The molecule has 3 nitrogen and oxygen atoms in total. The number of phenols is 1. The number of fused-ring (bicyclic) bond motifs is 1. The summed E-state index contributed by atoms with van der Waals surface area (Å²) >= 11 is 5.71. The number of phenolic OH excluding ortho intramolecular Hbond substituents is 1. The molecule has 0 amide bonds. The van der Waals surface area contributed by atoms with Crippen molar-refractivity contribution in [2.75, 3.05) is 0 Å². The molecule has 0 saturated heterocycles. The molecule has 1 heterocycles. The van der Waals surface area contributed by atoms with Gasteiger partial charge in [0, 0.05) is 10.4 Å². The summed E-state index contributed by atoms with van der Waals surface area (Å²) in [6.07, 6.45) is 0.688. The molecule has 2 N–H and O–H groups in total. The van der Waals surface area contributed by atoms with E-state index < -0.39 is 0 Å². The predicted molar refractivity (Wildman–Crippen MR) is 50.4 cm³/mol. The second-order valence-corrected chi connectivity index (χ2v) is 3.17. The molecule has 1 aromatic carbocycles. The SMILES string of the molecule is O=Cc1cc2c(O)cc(Cl)cc2[nH]1. The number of halogens is 1. The summed E-state index contributed by atoms with van der Waals surface area (Å²) in [7, 11) is 0. The van der Waals surface area contributed by atoms with E-state index >= 15 is 0 Å². The number of aromatic amines is 1. The van der Waals surface area contributed by atoms with Gasteiger partial charge in [-0.1, -0.05) is 11.6 Å². The fraction of sp³-hybridized carbons (Fsp3) is 0. The van der Waals surface area contributed by atoms with Crippen LogP contribution in [0.15, 0.2) is 18.2 Å². The van der Waals surface area contributed by atoms with Crippen LogP contribution in [-0.2, 0) is 0 Å². The molecule has 0 aliphatic heterocycles. The highest BCUT2D eigenvalue weighted by Crippen LogP contribution is 2.28. The Bertz CT molecular complexity index is 476. The quantitative estimate of drug-likeness (QED) is 0.687. The highest BCUT2D eigenvalue weighted by atomic mass is 35.5. The van der Waals surface area contributed by atoms with E-state index in [2.05, 4.69) is 4.98 Å². The molecule has 0 aliphatic carbocycles. The summed E-state index contributed by atoms with van der Waals surface area (Å²) in [5.41, 5.74) is 1.08. The van der Waals surface area contributed by atoms with Crippen molar-refractivity contribution in [2.24, 2.45) is 0 Å². The Balaban J connectivity index is 2.82. The van der Waals surface area contributed by atoms with Gasteiger partial charge in [-0.05, 0) is 18.2 Å². The van der Waals surface area contributed by atoms with Gasteiger partial charge in [0.2, 0.25) is 0 Å². The number of rotatable bonds is 1. The van der Waals surface area contributed by atoms with Crippen molar-refractivity contribution in [3.05, 3.63) is 28.9 Å². The van der Waals surface area contributed by atoms with Crippen LogP contribution in [0.1, 0.15) is 10.5 Å². The van der Waals surface area contributed by atoms with Crippen molar-refractivity contribution in [3.63, 3.8) is 0 Å². The van der Waals surface area contributed by atoms with Gasteiger partial charge in [0.1, 0.15) is 5.75 Å². The number of hydrogen-bond donors (Lipinski definition) is 2. The number of benzene rings is 1. The Morgan fingerprint density at radius 2 is 2.15 bits per heavy atom. The molecule has 0 radical (unpaired) electrons. The molecule has 13 heavy (non-hydrogen) atoms. The molecule has 1 aromatic heterocycles. The van der Waals surface area contributed by atoms with E-state index in [0.29, 0.717) is 27.9 Å². The minimum Gasteiger partial charge on any atom is -0.507 e. The third-order valence-electron chi connectivity index (χ3n) is 1.83. The van der Waals surface area contributed by atoms with Crippen LogP contribution in [0.25, 0.3) is 10.9 Å². The highest BCUT2D eigenvalue weighted by Gasteiger charge is 2.05. The van der Waals surface area contributed by atoms with Crippen molar-refractivity contribution in [3.8, 4) is 5.75 Å². The zero-order chi connectivity index (χ0) is 9.42. The van der Waals surface area contributed by atoms with E-state index in [0.717, 1.165) is 0 Å². The molecule has 2 rings (SSSR count). The molecular formula is C9H6ClNO2. The average Bonchev–Trinajstić information content (AvgIpc) is 2.47. The van der Waals surface area contributed by atoms with Gasteiger partial charge in [-0.2, -0.15) is 0 Å². The number of nitrogens with one attached hydrogen (secondary N) is 1. The molecule has 2 aromatic rings. The molecule has 0 unspecified atom stereocenters. The van der Waals surface area contributed by atoms with Crippen LogP contribution >= 0.6 is 11.6 Å². The molecule has 66 valence electrons. The molecule has 0 spiro atoms. The van der Waals surface area contributed by atoms with E-state index in [9.17, 15) is 9.90 Å². The van der Waals surface area contributed by atoms with E-state index in [1.165, 1.54) is 6.07 Å². The third-order valence-corrected chi connectivity index (χ3v) is 2.05. The Hall–Kier alpha value is -1.48. The summed E-state index contributed by atoms with van der Waals surface area (Å²) in [6.45, 7) is 0. The number of hydrogen-bond acceptors (Lipinski definition) is 2. The molecule has 0 saturated carbocycles. The zero-order valence-electron chi connectivity index (χ0n) is 6.54. The first-order valence-electron chi connectivity index (χ1n) is 3.67. The first-order chi connectivity index (χ1) is 6.20. The van der Waals surface area contributed by atoms with Gasteiger partial charge in [0.15, 0.2) is 6.29 Å².